The standard InChI is InChI=1S/C31H37N3O3S/c1-23-8-6-7-11-26(23)28-20-25(12-13-27(28)30(35)32-29(31(36)37)14-19-38-2)22-34-17-15-33(16-18-34)21-24-9-4-3-5-10-24/h3-13,20,29H,14-19,21-22H2,1-2H3,(H,32,35)(H,36,37). The maximum Gasteiger partial charge on any atom is 0.326 e. The second kappa shape index (κ2) is 13.6. The van der Waals surface area contributed by atoms with E-state index in [-0.39, 0.29) is 5.91 Å². The highest BCUT2D eigenvalue weighted by Gasteiger charge is 2.23. The number of carbonyl (C=O) groups is 2. The number of carboxylic acid groups (broad SMARTS) is 1. The van der Waals surface area contributed by atoms with Crippen molar-refractivity contribution in [1.29, 1.82) is 0 Å². The summed E-state index contributed by atoms with van der Waals surface area (Å²) >= 11 is 1.57. The SMILES string of the molecule is CSCCC(NC(=O)c1ccc(CN2CCN(Cc3ccccc3)CC2)cc1-c1ccccc1C)C(=O)O. The van der Waals surface area contributed by atoms with Crippen LogP contribution >= 0.6 is 11.8 Å². The summed E-state index contributed by atoms with van der Waals surface area (Å²) in [6.45, 7) is 7.85. The number of nitrogens with zero attached hydrogens (tertiary/aromatic N) is 2. The van der Waals surface area contributed by atoms with E-state index >= 15 is 0 Å². The zero-order chi connectivity index (χ0) is 26.9. The summed E-state index contributed by atoms with van der Waals surface area (Å²) in [5, 5.41) is 12.4. The number of rotatable bonds is 11. The lowest BCUT2D eigenvalue weighted by atomic mass is 9.93. The molecule has 1 unspecified atom stereocenters. The number of amides is 1. The van der Waals surface area contributed by atoms with Crippen LogP contribution < -0.4 is 5.32 Å². The number of hydrogen-bond donors (Lipinski definition) is 2. The van der Waals surface area contributed by atoms with Crippen molar-refractivity contribution in [3.63, 3.8) is 0 Å². The number of benzene rings is 3. The number of aliphatic carboxylic acids is 1. The predicted octanol–water partition coefficient (Wildman–Crippen LogP) is 4.92. The zero-order valence-corrected chi connectivity index (χ0v) is 23.0. The molecular weight excluding hydrogens is 494 g/mol. The molecule has 2 N–H and O–H groups in total. The monoisotopic (exact) mass is 531 g/mol. The molecule has 200 valence electrons. The van der Waals surface area contributed by atoms with Gasteiger partial charge in [-0.25, -0.2) is 4.79 Å². The van der Waals surface area contributed by atoms with Gasteiger partial charge >= 0.3 is 5.97 Å². The smallest absolute Gasteiger partial charge is 0.326 e. The topological polar surface area (TPSA) is 72.9 Å². The van der Waals surface area contributed by atoms with Gasteiger partial charge in [0.2, 0.25) is 0 Å². The third-order valence-corrected chi connectivity index (χ3v) is 7.74. The molecule has 1 aliphatic rings. The van der Waals surface area contributed by atoms with Gasteiger partial charge in [0.05, 0.1) is 0 Å². The Balaban J connectivity index is 1.49. The van der Waals surface area contributed by atoms with Crippen LogP contribution in [0.25, 0.3) is 11.1 Å². The van der Waals surface area contributed by atoms with Crippen LogP contribution in [0.4, 0.5) is 0 Å². The molecule has 0 aromatic heterocycles. The van der Waals surface area contributed by atoms with Crippen LogP contribution in [-0.4, -0.2) is 71.0 Å². The summed E-state index contributed by atoms with van der Waals surface area (Å²) in [4.78, 5) is 30.0. The molecule has 1 atom stereocenters. The quantitative estimate of drug-likeness (QED) is 0.366. The van der Waals surface area contributed by atoms with Crippen molar-refractivity contribution in [1.82, 2.24) is 15.1 Å². The largest absolute Gasteiger partial charge is 0.480 e. The van der Waals surface area contributed by atoms with E-state index in [2.05, 4.69) is 51.5 Å². The first kappa shape index (κ1) is 27.9. The van der Waals surface area contributed by atoms with Gasteiger partial charge in [-0.1, -0.05) is 60.7 Å². The van der Waals surface area contributed by atoms with Crippen molar-refractivity contribution in [2.75, 3.05) is 38.2 Å². The van der Waals surface area contributed by atoms with Crippen LogP contribution in [0.3, 0.4) is 0 Å². The maximum atomic E-state index is 13.3. The second-order valence-electron chi connectivity index (χ2n) is 9.88. The predicted molar refractivity (Wildman–Crippen MR) is 155 cm³/mol. The van der Waals surface area contributed by atoms with Crippen LogP contribution in [0.1, 0.15) is 33.5 Å². The molecule has 0 radical (unpaired) electrons. The minimum absolute atomic E-state index is 0.349. The number of hydrogen-bond acceptors (Lipinski definition) is 5. The summed E-state index contributed by atoms with van der Waals surface area (Å²) < 4.78 is 0. The second-order valence-corrected chi connectivity index (χ2v) is 10.9. The van der Waals surface area contributed by atoms with Crippen molar-refractivity contribution >= 4 is 23.6 Å². The lowest BCUT2D eigenvalue weighted by Gasteiger charge is -2.34. The van der Waals surface area contributed by atoms with E-state index in [1.54, 1.807) is 11.8 Å². The van der Waals surface area contributed by atoms with Crippen molar-refractivity contribution in [3.05, 3.63) is 95.1 Å². The molecule has 0 spiro atoms. The van der Waals surface area contributed by atoms with E-state index in [1.165, 1.54) is 5.56 Å². The molecule has 1 amide bonds. The van der Waals surface area contributed by atoms with E-state index in [1.807, 2.05) is 49.6 Å². The summed E-state index contributed by atoms with van der Waals surface area (Å²) in [7, 11) is 0. The van der Waals surface area contributed by atoms with Crippen LogP contribution in [0, 0.1) is 6.92 Å². The van der Waals surface area contributed by atoms with Gasteiger partial charge in [-0.05, 0) is 65.3 Å². The molecule has 0 bridgehead atoms. The molecule has 0 aliphatic carbocycles. The first-order valence-electron chi connectivity index (χ1n) is 13.1. The first-order chi connectivity index (χ1) is 18.4. The number of aryl methyl sites for hydroxylation is 1. The molecule has 3 aromatic carbocycles. The molecule has 1 fully saturated rings. The molecule has 0 saturated carbocycles. The summed E-state index contributed by atoms with van der Waals surface area (Å²) in [6.07, 6.45) is 2.31. The van der Waals surface area contributed by atoms with Gasteiger partial charge in [0.1, 0.15) is 6.04 Å². The lowest BCUT2D eigenvalue weighted by Crippen LogP contribution is -2.45. The molecular formula is C31H37N3O3S. The molecule has 7 heteroatoms. The van der Waals surface area contributed by atoms with E-state index < -0.39 is 12.0 Å². The minimum Gasteiger partial charge on any atom is -0.480 e. The maximum absolute atomic E-state index is 13.3. The average molecular weight is 532 g/mol. The Morgan fingerprint density at radius 3 is 2.13 bits per heavy atom. The van der Waals surface area contributed by atoms with Gasteiger partial charge in [-0.15, -0.1) is 0 Å². The molecule has 1 aliphatic heterocycles. The third kappa shape index (κ3) is 7.47. The molecule has 1 heterocycles. The van der Waals surface area contributed by atoms with Gasteiger partial charge in [0, 0.05) is 44.8 Å². The highest BCUT2D eigenvalue weighted by molar-refractivity contribution is 7.98. The highest BCUT2D eigenvalue weighted by Crippen LogP contribution is 2.29. The Morgan fingerprint density at radius 2 is 1.50 bits per heavy atom. The van der Waals surface area contributed by atoms with E-state index in [0.717, 1.165) is 61.5 Å². The number of piperazine rings is 1. The number of carbonyl (C=O) groups excluding carboxylic acids is 1. The van der Waals surface area contributed by atoms with Crippen LogP contribution in [-0.2, 0) is 17.9 Å². The molecule has 3 aromatic rings. The average Bonchev–Trinajstić information content (AvgIpc) is 2.92. The van der Waals surface area contributed by atoms with Gasteiger partial charge in [0.15, 0.2) is 0 Å². The Morgan fingerprint density at radius 1 is 0.868 bits per heavy atom. The Labute approximate surface area is 230 Å². The fraction of sp³-hybridized carbons (Fsp3) is 0.355. The number of carboxylic acids is 1. The van der Waals surface area contributed by atoms with Gasteiger partial charge < -0.3 is 10.4 Å². The zero-order valence-electron chi connectivity index (χ0n) is 22.2. The van der Waals surface area contributed by atoms with Crippen LogP contribution in [0.5, 0.6) is 0 Å². The fourth-order valence-corrected chi connectivity index (χ4v) is 5.39. The Kier molecular flexibility index (Phi) is 9.98. The van der Waals surface area contributed by atoms with Crippen molar-refractivity contribution < 1.29 is 14.7 Å². The summed E-state index contributed by atoms with van der Waals surface area (Å²) in [5.74, 6) is -0.690. The Hall–Kier alpha value is -3.13. The van der Waals surface area contributed by atoms with Gasteiger partial charge in [0.25, 0.3) is 5.91 Å². The van der Waals surface area contributed by atoms with E-state index in [4.69, 9.17) is 0 Å². The Bertz CT molecular complexity index is 1230. The molecule has 1 saturated heterocycles. The van der Waals surface area contributed by atoms with Crippen LogP contribution in [0.2, 0.25) is 0 Å². The number of thioether (sulfide) groups is 1. The summed E-state index contributed by atoms with van der Waals surface area (Å²) in [6, 6.07) is 23.7. The normalized spacial score (nSPS) is 15.2. The fourth-order valence-electron chi connectivity index (χ4n) is 4.92. The molecule has 38 heavy (non-hydrogen) atoms. The third-order valence-electron chi connectivity index (χ3n) is 7.10. The molecule has 6 nitrogen and oxygen atoms in total. The van der Waals surface area contributed by atoms with Gasteiger partial charge in [-0.2, -0.15) is 11.8 Å². The molecule has 4 rings (SSSR count). The van der Waals surface area contributed by atoms with Crippen molar-refractivity contribution in [2.45, 2.75) is 32.5 Å². The van der Waals surface area contributed by atoms with Gasteiger partial charge in [-0.3, -0.25) is 14.6 Å². The van der Waals surface area contributed by atoms with E-state index in [9.17, 15) is 14.7 Å². The lowest BCUT2D eigenvalue weighted by molar-refractivity contribution is -0.139. The van der Waals surface area contributed by atoms with E-state index in [0.29, 0.717) is 17.7 Å². The van der Waals surface area contributed by atoms with Crippen LogP contribution in [0.15, 0.2) is 72.8 Å². The highest BCUT2D eigenvalue weighted by atomic mass is 32.2. The van der Waals surface area contributed by atoms with Crippen molar-refractivity contribution in [2.24, 2.45) is 0 Å². The van der Waals surface area contributed by atoms with Crippen molar-refractivity contribution in [3.8, 4) is 11.1 Å². The minimum atomic E-state index is -1.01. The number of nitrogens with one attached hydrogen (secondary N) is 1. The first-order valence-corrected chi connectivity index (χ1v) is 14.5. The summed E-state index contributed by atoms with van der Waals surface area (Å²) in [5.41, 5.74) is 5.90.